The van der Waals surface area contributed by atoms with Gasteiger partial charge in [0.05, 0.1) is 5.92 Å². The lowest BCUT2D eigenvalue weighted by molar-refractivity contribution is -0.185. The molecule has 0 bridgehead atoms. The number of nitrogens with one attached hydrogen (secondary N) is 2. The molecule has 0 amide bonds. The average molecular weight is 280 g/mol. The second-order valence-corrected chi connectivity index (χ2v) is 5.78. The van der Waals surface area contributed by atoms with E-state index in [4.69, 9.17) is 0 Å². The van der Waals surface area contributed by atoms with Crippen LogP contribution in [0, 0.1) is 11.8 Å². The molecule has 0 aromatic carbocycles. The van der Waals surface area contributed by atoms with E-state index in [1.807, 2.05) is 0 Å². The summed E-state index contributed by atoms with van der Waals surface area (Å²) < 4.78 is 38.1. The summed E-state index contributed by atoms with van der Waals surface area (Å²) in [6.45, 7) is 6.77. The van der Waals surface area contributed by atoms with E-state index in [1.54, 1.807) is 0 Å². The normalized spacial score (nSPS) is 26.4. The van der Waals surface area contributed by atoms with E-state index in [9.17, 15) is 13.2 Å². The Morgan fingerprint density at radius 1 is 1.26 bits per heavy atom. The maximum Gasteiger partial charge on any atom is 0.391 e. The number of hydrogen-bond acceptors (Lipinski definition) is 2. The molecule has 19 heavy (non-hydrogen) atoms. The maximum atomic E-state index is 12.7. The molecule has 114 valence electrons. The molecular weight excluding hydrogens is 253 g/mol. The molecular formula is C14H27F3N2. The highest BCUT2D eigenvalue weighted by molar-refractivity contribution is 4.79. The Hall–Kier alpha value is -0.290. The van der Waals surface area contributed by atoms with Gasteiger partial charge in [-0.25, -0.2) is 0 Å². The Morgan fingerprint density at radius 3 is 2.63 bits per heavy atom. The molecule has 0 aromatic rings. The van der Waals surface area contributed by atoms with Crippen LogP contribution in [-0.4, -0.2) is 31.9 Å². The van der Waals surface area contributed by atoms with Crippen molar-refractivity contribution in [1.82, 2.24) is 10.6 Å². The van der Waals surface area contributed by atoms with Gasteiger partial charge in [-0.05, 0) is 51.6 Å². The van der Waals surface area contributed by atoms with Gasteiger partial charge in [0.25, 0.3) is 0 Å². The zero-order chi connectivity index (χ0) is 14.3. The van der Waals surface area contributed by atoms with Crippen LogP contribution in [0.1, 0.15) is 46.0 Å². The number of alkyl halides is 3. The third kappa shape index (κ3) is 6.61. The van der Waals surface area contributed by atoms with Crippen LogP contribution in [0.15, 0.2) is 0 Å². The summed E-state index contributed by atoms with van der Waals surface area (Å²) in [5.41, 5.74) is 0. The van der Waals surface area contributed by atoms with Gasteiger partial charge in [-0.1, -0.05) is 13.3 Å². The van der Waals surface area contributed by atoms with Gasteiger partial charge >= 0.3 is 6.18 Å². The van der Waals surface area contributed by atoms with E-state index in [0.29, 0.717) is 31.8 Å². The topological polar surface area (TPSA) is 24.1 Å². The molecule has 1 aliphatic rings. The second kappa shape index (κ2) is 8.10. The molecule has 0 saturated heterocycles. The quantitative estimate of drug-likeness (QED) is 0.699. The van der Waals surface area contributed by atoms with Crippen molar-refractivity contribution in [2.45, 2.75) is 58.2 Å². The number of rotatable bonds is 7. The first-order valence-corrected chi connectivity index (χ1v) is 7.44. The van der Waals surface area contributed by atoms with Gasteiger partial charge in [-0.3, -0.25) is 0 Å². The van der Waals surface area contributed by atoms with Gasteiger partial charge in [0.2, 0.25) is 0 Å². The minimum absolute atomic E-state index is 0.175. The lowest BCUT2D eigenvalue weighted by atomic mass is 9.81. The smallest absolute Gasteiger partial charge is 0.315 e. The van der Waals surface area contributed by atoms with Crippen LogP contribution in [-0.2, 0) is 0 Å². The van der Waals surface area contributed by atoms with E-state index in [-0.39, 0.29) is 5.92 Å². The molecule has 0 spiro atoms. The van der Waals surface area contributed by atoms with Crippen LogP contribution < -0.4 is 10.6 Å². The van der Waals surface area contributed by atoms with E-state index < -0.39 is 12.1 Å². The van der Waals surface area contributed by atoms with Crippen molar-refractivity contribution in [1.29, 1.82) is 0 Å². The van der Waals surface area contributed by atoms with Crippen LogP contribution in [0.2, 0.25) is 0 Å². The van der Waals surface area contributed by atoms with Crippen molar-refractivity contribution in [2.75, 3.05) is 19.6 Å². The Labute approximate surface area is 114 Å². The number of halogens is 3. The first-order valence-electron chi connectivity index (χ1n) is 7.44. The highest BCUT2D eigenvalue weighted by atomic mass is 19.4. The molecule has 1 saturated carbocycles. The van der Waals surface area contributed by atoms with Crippen molar-refractivity contribution in [3.63, 3.8) is 0 Å². The zero-order valence-electron chi connectivity index (χ0n) is 12.0. The molecule has 0 aromatic heterocycles. The Bertz CT molecular complexity index is 243. The molecule has 3 unspecified atom stereocenters. The van der Waals surface area contributed by atoms with Gasteiger partial charge in [-0.2, -0.15) is 13.2 Å². The summed E-state index contributed by atoms with van der Waals surface area (Å²) in [5.74, 6) is -0.907. The van der Waals surface area contributed by atoms with Crippen molar-refractivity contribution < 1.29 is 13.2 Å². The fraction of sp³-hybridized carbons (Fsp3) is 1.00. The van der Waals surface area contributed by atoms with Crippen LogP contribution in [0.4, 0.5) is 13.2 Å². The Kier molecular flexibility index (Phi) is 7.15. The van der Waals surface area contributed by atoms with Crippen LogP contribution >= 0.6 is 0 Å². The predicted molar refractivity (Wildman–Crippen MR) is 72.1 cm³/mol. The number of hydrogen-bond donors (Lipinski definition) is 2. The SMILES string of the molecule is CCCNCC(C)NCC1CCCC(C(F)(F)F)C1. The molecule has 1 fully saturated rings. The molecule has 3 atom stereocenters. The predicted octanol–water partition coefficient (Wildman–Crippen LogP) is 3.33. The molecule has 2 N–H and O–H groups in total. The second-order valence-electron chi connectivity index (χ2n) is 5.78. The van der Waals surface area contributed by atoms with E-state index in [2.05, 4.69) is 24.5 Å². The van der Waals surface area contributed by atoms with E-state index >= 15 is 0 Å². The fourth-order valence-electron chi connectivity index (χ4n) is 2.71. The zero-order valence-corrected chi connectivity index (χ0v) is 12.0. The van der Waals surface area contributed by atoms with Gasteiger partial charge < -0.3 is 10.6 Å². The van der Waals surface area contributed by atoms with Gasteiger partial charge in [-0.15, -0.1) is 0 Å². The van der Waals surface area contributed by atoms with Crippen molar-refractivity contribution in [3.8, 4) is 0 Å². The molecule has 2 nitrogen and oxygen atoms in total. The summed E-state index contributed by atoms with van der Waals surface area (Å²) >= 11 is 0. The Balaban J connectivity index is 2.21. The van der Waals surface area contributed by atoms with Crippen molar-refractivity contribution >= 4 is 0 Å². The van der Waals surface area contributed by atoms with Crippen LogP contribution in [0.3, 0.4) is 0 Å². The summed E-state index contributed by atoms with van der Waals surface area (Å²) in [5, 5.41) is 6.67. The van der Waals surface area contributed by atoms with Crippen molar-refractivity contribution in [3.05, 3.63) is 0 Å². The third-order valence-corrected chi connectivity index (χ3v) is 3.88. The van der Waals surface area contributed by atoms with Gasteiger partial charge in [0.15, 0.2) is 0 Å². The lowest BCUT2D eigenvalue weighted by Crippen LogP contribution is -2.40. The molecule has 1 aliphatic carbocycles. The molecule has 0 heterocycles. The summed E-state index contributed by atoms with van der Waals surface area (Å²) in [7, 11) is 0. The van der Waals surface area contributed by atoms with Gasteiger partial charge in [0, 0.05) is 12.6 Å². The van der Waals surface area contributed by atoms with E-state index in [1.165, 1.54) is 0 Å². The third-order valence-electron chi connectivity index (χ3n) is 3.88. The van der Waals surface area contributed by atoms with Crippen molar-refractivity contribution in [2.24, 2.45) is 11.8 Å². The Morgan fingerprint density at radius 2 is 2.00 bits per heavy atom. The molecule has 0 aliphatic heterocycles. The summed E-state index contributed by atoms with van der Waals surface area (Å²) in [6, 6.07) is 0.317. The monoisotopic (exact) mass is 280 g/mol. The standard InChI is InChI=1S/C14H27F3N2/c1-3-7-18-9-11(2)19-10-12-5-4-6-13(8-12)14(15,16)17/h11-13,18-19H,3-10H2,1-2H3. The molecule has 5 heteroatoms. The largest absolute Gasteiger partial charge is 0.391 e. The lowest BCUT2D eigenvalue weighted by Gasteiger charge is -2.31. The minimum atomic E-state index is -4.01. The van der Waals surface area contributed by atoms with Gasteiger partial charge in [0.1, 0.15) is 0 Å². The van der Waals surface area contributed by atoms with E-state index in [0.717, 1.165) is 25.9 Å². The van der Waals surface area contributed by atoms with Crippen LogP contribution in [0.25, 0.3) is 0 Å². The first-order chi connectivity index (χ1) is 8.93. The minimum Gasteiger partial charge on any atom is -0.315 e. The summed E-state index contributed by atoms with van der Waals surface area (Å²) in [6.07, 6.45) is -0.664. The first kappa shape index (κ1) is 16.8. The van der Waals surface area contributed by atoms with Crippen LogP contribution in [0.5, 0.6) is 0 Å². The molecule has 0 radical (unpaired) electrons. The summed E-state index contributed by atoms with van der Waals surface area (Å²) in [4.78, 5) is 0. The molecule has 1 rings (SSSR count). The average Bonchev–Trinajstić information content (AvgIpc) is 2.36. The maximum absolute atomic E-state index is 12.7. The fourth-order valence-corrected chi connectivity index (χ4v) is 2.71. The highest BCUT2D eigenvalue weighted by Gasteiger charge is 2.41. The highest BCUT2D eigenvalue weighted by Crippen LogP contribution is 2.39.